The molecule has 8 heteroatoms. The number of anilines is 2. The van der Waals surface area contributed by atoms with Crippen LogP contribution in [-0.4, -0.2) is 49.7 Å². The van der Waals surface area contributed by atoms with E-state index in [4.69, 9.17) is 14.5 Å². The van der Waals surface area contributed by atoms with Gasteiger partial charge in [-0.15, -0.1) is 0 Å². The van der Waals surface area contributed by atoms with Crippen LogP contribution >= 0.6 is 11.3 Å². The Bertz CT molecular complexity index is 1130. The molecule has 5 rings (SSSR count). The van der Waals surface area contributed by atoms with E-state index < -0.39 is 5.92 Å². The number of amides is 2. The lowest BCUT2D eigenvalue weighted by Gasteiger charge is -2.25. The van der Waals surface area contributed by atoms with Crippen molar-refractivity contribution in [2.24, 2.45) is 5.92 Å². The van der Waals surface area contributed by atoms with Gasteiger partial charge in [0.2, 0.25) is 11.8 Å². The number of thiazole rings is 1. The second kappa shape index (κ2) is 8.88. The Morgan fingerprint density at radius 2 is 2.09 bits per heavy atom. The summed E-state index contributed by atoms with van der Waals surface area (Å²) in [6.07, 6.45) is 2.08. The quantitative estimate of drug-likeness (QED) is 0.569. The maximum absolute atomic E-state index is 13.7. The first-order valence-corrected chi connectivity index (χ1v) is 11.7. The highest BCUT2D eigenvalue weighted by atomic mass is 32.1. The van der Waals surface area contributed by atoms with E-state index in [0.717, 1.165) is 28.7 Å². The molecule has 2 unspecified atom stereocenters. The number of rotatable bonds is 6. The summed E-state index contributed by atoms with van der Waals surface area (Å²) in [5, 5.41) is 0.621. The fourth-order valence-electron chi connectivity index (χ4n) is 4.40. The predicted octanol–water partition coefficient (Wildman–Crippen LogP) is 3.87. The fraction of sp³-hybridized carbons (Fsp3) is 0.375. The number of benzene rings is 2. The predicted molar refractivity (Wildman–Crippen MR) is 124 cm³/mol. The standard InChI is InChI=1S/C24H25N3O4S/c1-30-19-10-5-11-20-22(19)25-24(32-20)27(15-18-9-6-12-31-18)23(29)16-13-21(28)26(14-16)17-7-3-2-4-8-17/h2-5,7-8,10-11,16,18H,6,9,12-15H2,1H3. The molecule has 3 aromatic rings. The molecule has 1 aromatic heterocycles. The Balaban J connectivity index is 1.44. The topological polar surface area (TPSA) is 72.0 Å². The molecule has 2 aliphatic rings. The van der Waals surface area contributed by atoms with Crippen molar-refractivity contribution in [2.45, 2.75) is 25.4 Å². The molecule has 2 amide bonds. The molecule has 32 heavy (non-hydrogen) atoms. The van der Waals surface area contributed by atoms with Crippen molar-refractivity contribution in [1.29, 1.82) is 0 Å². The monoisotopic (exact) mass is 451 g/mol. The van der Waals surface area contributed by atoms with Gasteiger partial charge < -0.3 is 14.4 Å². The summed E-state index contributed by atoms with van der Waals surface area (Å²) >= 11 is 1.46. The average molecular weight is 452 g/mol. The third-order valence-electron chi connectivity index (χ3n) is 6.04. The number of methoxy groups -OCH3 is 1. The van der Waals surface area contributed by atoms with E-state index in [-0.39, 0.29) is 24.3 Å². The van der Waals surface area contributed by atoms with Crippen LogP contribution in [0.4, 0.5) is 10.8 Å². The minimum Gasteiger partial charge on any atom is -0.494 e. The van der Waals surface area contributed by atoms with Gasteiger partial charge in [0.1, 0.15) is 11.3 Å². The van der Waals surface area contributed by atoms with Crippen molar-refractivity contribution in [3.05, 3.63) is 48.5 Å². The van der Waals surface area contributed by atoms with Crippen LogP contribution in [0.25, 0.3) is 10.2 Å². The molecule has 0 radical (unpaired) electrons. The molecule has 0 saturated carbocycles. The molecule has 3 heterocycles. The van der Waals surface area contributed by atoms with Gasteiger partial charge in [-0.05, 0) is 37.1 Å². The van der Waals surface area contributed by atoms with Gasteiger partial charge in [0, 0.05) is 25.3 Å². The van der Waals surface area contributed by atoms with Crippen molar-refractivity contribution in [3.8, 4) is 5.75 Å². The van der Waals surface area contributed by atoms with Gasteiger partial charge in [-0.25, -0.2) is 4.98 Å². The number of carbonyl (C=O) groups excluding carboxylic acids is 2. The highest BCUT2D eigenvalue weighted by Gasteiger charge is 2.39. The second-order valence-corrected chi connectivity index (χ2v) is 9.14. The average Bonchev–Trinajstić information content (AvgIpc) is 3.56. The number of ether oxygens (including phenoxy) is 2. The Hall–Kier alpha value is -2.97. The first-order chi connectivity index (χ1) is 15.6. The van der Waals surface area contributed by atoms with Crippen LogP contribution in [0.3, 0.4) is 0 Å². The number of para-hydroxylation sites is 2. The lowest BCUT2D eigenvalue weighted by molar-refractivity contribution is -0.124. The summed E-state index contributed by atoms with van der Waals surface area (Å²) in [5.74, 6) is 0.154. The van der Waals surface area contributed by atoms with Gasteiger partial charge in [0.15, 0.2) is 5.13 Å². The van der Waals surface area contributed by atoms with Crippen LogP contribution in [0.15, 0.2) is 48.5 Å². The first kappa shape index (κ1) is 20.9. The van der Waals surface area contributed by atoms with Gasteiger partial charge in [0.05, 0.1) is 30.4 Å². The molecule has 0 spiro atoms. The zero-order chi connectivity index (χ0) is 22.1. The lowest BCUT2D eigenvalue weighted by atomic mass is 10.1. The summed E-state index contributed by atoms with van der Waals surface area (Å²) in [4.78, 5) is 34.6. The Kier molecular flexibility index (Phi) is 5.80. The second-order valence-electron chi connectivity index (χ2n) is 8.13. The van der Waals surface area contributed by atoms with E-state index in [2.05, 4.69) is 0 Å². The largest absolute Gasteiger partial charge is 0.494 e. The fourth-order valence-corrected chi connectivity index (χ4v) is 5.39. The van der Waals surface area contributed by atoms with Crippen molar-refractivity contribution >= 4 is 44.2 Å². The van der Waals surface area contributed by atoms with Crippen LogP contribution < -0.4 is 14.5 Å². The molecule has 0 N–H and O–H groups in total. The molecule has 2 aromatic carbocycles. The molecule has 7 nitrogen and oxygen atoms in total. The molecule has 2 saturated heterocycles. The molecule has 0 bridgehead atoms. The SMILES string of the molecule is COc1cccc2sc(N(CC3CCCO3)C(=O)C3CC(=O)N(c4ccccc4)C3)nc12. The number of hydrogen-bond acceptors (Lipinski definition) is 6. The van der Waals surface area contributed by atoms with E-state index >= 15 is 0 Å². The van der Waals surface area contributed by atoms with Crippen molar-refractivity contribution in [3.63, 3.8) is 0 Å². The third kappa shape index (κ3) is 3.96. The normalized spacial score (nSPS) is 20.8. The van der Waals surface area contributed by atoms with Crippen LogP contribution in [0.2, 0.25) is 0 Å². The highest BCUT2D eigenvalue weighted by Crippen LogP contribution is 2.36. The first-order valence-electron chi connectivity index (χ1n) is 10.9. The van der Waals surface area contributed by atoms with Gasteiger partial charge in [-0.2, -0.15) is 0 Å². The van der Waals surface area contributed by atoms with Crippen molar-refractivity contribution in [1.82, 2.24) is 4.98 Å². The van der Waals surface area contributed by atoms with Crippen LogP contribution in [-0.2, 0) is 14.3 Å². The van der Waals surface area contributed by atoms with Crippen molar-refractivity contribution in [2.75, 3.05) is 36.6 Å². The number of nitrogens with zero attached hydrogens (tertiary/aromatic N) is 3. The molecule has 166 valence electrons. The van der Waals surface area contributed by atoms with Crippen LogP contribution in [0.1, 0.15) is 19.3 Å². The molecular formula is C24H25N3O4S. The minimum atomic E-state index is -0.419. The van der Waals surface area contributed by atoms with Crippen LogP contribution in [0, 0.1) is 5.92 Å². The summed E-state index contributed by atoms with van der Waals surface area (Å²) in [7, 11) is 1.62. The Morgan fingerprint density at radius 3 is 2.84 bits per heavy atom. The van der Waals surface area contributed by atoms with E-state index in [9.17, 15) is 9.59 Å². The smallest absolute Gasteiger partial charge is 0.234 e. The summed E-state index contributed by atoms with van der Waals surface area (Å²) in [5.41, 5.74) is 1.57. The number of hydrogen-bond donors (Lipinski definition) is 0. The van der Waals surface area contributed by atoms with E-state index in [1.54, 1.807) is 16.9 Å². The maximum atomic E-state index is 13.7. The van der Waals surface area contributed by atoms with Gasteiger partial charge >= 0.3 is 0 Å². The Morgan fingerprint density at radius 1 is 1.25 bits per heavy atom. The van der Waals surface area contributed by atoms with Gasteiger partial charge in [-0.1, -0.05) is 35.6 Å². The van der Waals surface area contributed by atoms with E-state index in [1.165, 1.54) is 11.3 Å². The Labute approximate surface area is 190 Å². The highest BCUT2D eigenvalue weighted by molar-refractivity contribution is 7.22. The number of carbonyl (C=O) groups is 2. The molecule has 0 aliphatic carbocycles. The lowest BCUT2D eigenvalue weighted by Crippen LogP contribution is -2.42. The van der Waals surface area contributed by atoms with Gasteiger partial charge in [0.25, 0.3) is 0 Å². The van der Waals surface area contributed by atoms with Crippen LogP contribution in [0.5, 0.6) is 5.75 Å². The minimum absolute atomic E-state index is 0.0183. The molecule has 2 atom stereocenters. The zero-order valence-electron chi connectivity index (χ0n) is 17.9. The van der Waals surface area contributed by atoms with E-state index in [0.29, 0.717) is 30.6 Å². The number of aromatic nitrogens is 1. The summed E-state index contributed by atoms with van der Waals surface area (Å²) < 4.78 is 12.2. The summed E-state index contributed by atoms with van der Waals surface area (Å²) in [6, 6.07) is 15.3. The molecule has 2 fully saturated rings. The zero-order valence-corrected chi connectivity index (χ0v) is 18.7. The molecule has 2 aliphatic heterocycles. The van der Waals surface area contributed by atoms with E-state index in [1.807, 2.05) is 48.5 Å². The third-order valence-corrected chi connectivity index (χ3v) is 7.08. The maximum Gasteiger partial charge on any atom is 0.234 e. The molecular weight excluding hydrogens is 426 g/mol. The van der Waals surface area contributed by atoms with Gasteiger partial charge in [-0.3, -0.25) is 14.5 Å². The van der Waals surface area contributed by atoms with Crippen molar-refractivity contribution < 1.29 is 19.1 Å². The summed E-state index contributed by atoms with van der Waals surface area (Å²) in [6.45, 7) is 1.53. The number of fused-ring (bicyclic) bond motifs is 1.